The minimum atomic E-state index is -0.398. The van der Waals surface area contributed by atoms with Crippen LogP contribution in [0, 0.1) is 12.3 Å². The second kappa shape index (κ2) is 17.2. The Balaban J connectivity index is 0.930. The van der Waals surface area contributed by atoms with Gasteiger partial charge in [-0.3, -0.25) is 24.2 Å². The van der Waals surface area contributed by atoms with E-state index >= 15 is 0 Å². The van der Waals surface area contributed by atoms with Crippen LogP contribution in [0.4, 0.5) is 34.4 Å². The SMILES string of the molecule is C=CC(=O)Nc1cc(Nc2nc(-c3ccnc(N4CCn5c(cc6c5CC(C)(C)C6)C4=O)c3CO)cn(C)c2=O)ccc1N1CCN(C2CCN(c3ccc(Cl)c(C)c3)CC2)C[C@@H]1C. The second-order valence-corrected chi connectivity index (χ2v) is 19.0. The van der Waals surface area contributed by atoms with E-state index in [1.165, 1.54) is 27.6 Å². The first kappa shape index (κ1) is 43.3. The predicted molar refractivity (Wildman–Crippen MR) is 254 cm³/mol. The average molecular weight is 886 g/mol. The summed E-state index contributed by atoms with van der Waals surface area (Å²) in [4.78, 5) is 58.9. The molecule has 14 nitrogen and oxygen atoms in total. The van der Waals surface area contributed by atoms with Gasteiger partial charge in [-0.25, -0.2) is 9.97 Å². The second-order valence-electron chi connectivity index (χ2n) is 18.6. The zero-order chi connectivity index (χ0) is 45.0. The van der Waals surface area contributed by atoms with Gasteiger partial charge in [-0.05, 0) is 111 Å². The van der Waals surface area contributed by atoms with Crippen molar-refractivity contribution < 1.29 is 14.7 Å². The summed E-state index contributed by atoms with van der Waals surface area (Å²) in [5.41, 5.74) is 8.63. The molecule has 334 valence electrons. The first-order valence-corrected chi connectivity index (χ1v) is 22.7. The fourth-order valence-electron chi connectivity index (χ4n) is 10.3. The number of aryl methyl sites for hydroxylation is 2. The summed E-state index contributed by atoms with van der Waals surface area (Å²) < 4.78 is 3.58. The number of hydrogen-bond donors (Lipinski definition) is 3. The fourth-order valence-corrected chi connectivity index (χ4v) is 10.4. The molecule has 3 N–H and O–H groups in total. The highest BCUT2D eigenvalue weighted by atomic mass is 35.5. The number of carbonyl (C=O) groups is 2. The zero-order valence-corrected chi connectivity index (χ0v) is 38.1. The summed E-state index contributed by atoms with van der Waals surface area (Å²) >= 11 is 6.30. The number of halogens is 1. The van der Waals surface area contributed by atoms with Crippen LogP contribution in [-0.2, 0) is 37.8 Å². The number of piperazine rings is 1. The highest BCUT2D eigenvalue weighted by Crippen LogP contribution is 2.41. The molecule has 0 unspecified atom stereocenters. The molecule has 1 aliphatic carbocycles. The molecular weight excluding hydrogens is 828 g/mol. The van der Waals surface area contributed by atoms with E-state index in [2.05, 4.69) is 74.4 Å². The van der Waals surface area contributed by atoms with Gasteiger partial charge in [0, 0.05) is 111 Å². The van der Waals surface area contributed by atoms with Gasteiger partial charge in [0.25, 0.3) is 11.5 Å². The average Bonchev–Trinajstić information content (AvgIpc) is 3.78. The maximum atomic E-state index is 14.0. The van der Waals surface area contributed by atoms with E-state index in [0.717, 1.165) is 74.7 Å². The van der Waals surface area contributed by atoms with Crippen molar-refractivity contribution in [1.29, 1.82) is 0 Å². The fraction of sp³-hybridized carbons (Fsp3) is 0.408. The maximum Gasteiger partial charge on any atom is 0.293 e. The Kier molecular flexibility index (Phi) is 11.6. The van der Waals surface area contributed by atoms with Crippen molar-refractivity contribution in [3.05, 3.63) is 117 Å². The molecule has 64 heavy (non-hydrogen) atoms. The molecule has 3 aromatic heterocycles. The number of nitrogens with one attached hydrogen (secondary N) is 2. The molecule has 0 radical (unpaired) electrons. The van der Waals surface area contributed by atoms with Crippen LogP contribution in [0.15, 0.2) is 78.4 Å². The Hall–Kier alpha value is -5.96. The lowest BCUT2D eigenvalue weighted by molar-refractivity contribution is -0.111. The van der Waals surface area contributed by atoms with Crippen LogP contribution >= 0.6 is 11.6 Å². The van der Waals surface area contributed by atoms with E-state index in [1.807, 2.05) is 37.3 Å². The number of aliphatic hydroxyl groups is 1. The molecule has 2 amide bonds. The number of aromatic nitrogens is 4. The maximum absolute atomic E-state index is 14.0. The topological polar surface area (TPSA) is 144 Å². The van der Waals surface area contributed by atoms with Crippen LogP contribution in [-0.4, -0.2) is 92.3 Å². The Bertz CT molecular complexity index is 2720. The third-order valence-electron chi connectivity index (χ3n) is 13.6. The molecule has 15 heteroatoms. The van der Waals surface area contributed by atoms with E-state index in [9.17, 15) is 19.5 Å². The Morgan fingerprint density at radius 3 is 2.55 bits per heavy atom. The summed E-state index contributed by atoms with van der Waals surface area (Å²) in [5, 5.41) is 17.8. The number of benzene rings is 2. The number of hydrogen-bond acceptors (Lipinski definition) is 10. The number of pyridine rings is 1. The van der Waals surface area contributed by atoms with Crippen molar-refractivity contribution >= 4 is 57.8 Å². The number of anilines is 6. The molecule has 0 bridgehead atoms. The van der Waals surface area contributed by atoms with Crippen LogP contribution in [0.5, 0.6) is 0 Å². The number of aliphatic hydroxyl groups excluding tert-OH is 1. The third kappa shape index (κ3) is 8.18. The molecule has 0 saturated carbocycles. The molecular formula is C49H57ClN10O4. The van der Waals surface area contributed by atoms with E-state index in [1.54, 1.807) is 30.4 Å². The van der Waals surface area contributed by atoms with Gasteiger partial charge in [-0.2, -0.15) is 0 Å². The summed E-state index contributed by atoms with van der Waals surface area (Å²) in [7, 11) is 1.64. The standard InChI is InChI=1S/C49H57ClN10O4/c1-7-44(62)53-39-24-33(8-11-41(39)58-19-18-57(27-31(58)3)34-13-16-56(17-14-34)35-9-10-38(50)30(2)22-35)52-45-48(64)55(6)28-40(54-45)36-12-15-51-46(37(36)29-61)60-21-20-59-42(47(60)63)23-32-25-49(4,5)26-43(32)59/h7-12,15,22-24,28,31,34,61H,1,13-14,16-21,25-27,29H2,2-6H3,(H,52,54)(H,53,62)/t31-/m0/s1. The van der Waals surface area contributed by atoms with Gasteiger partial charge in [-0.1, -0.05) is 32.0 Å². The van der Waals surface area contributed by atoms with Crippen molar-refractivity contribution in [3.8, 4) is 11.3 Å². The van der Waals surface area contributed by atoms with Crippen molar-refractivity contribution in [1.82, 2.24) is 24.0 Å². The lowest BCUT2D eigenvalue weighted by Gasteiger charge is -2.47. The van der Waals surface area contributed by atoms with Gasteiger partial charge in [0.15, 0.2) is 5.82 Å². The summed E-state index contributed by atoms with van der Waals surface area (Å²) in [5.74, 6) is -0.0819. The third-order valence-corrected chi connectivity index (χ3v) is 14.0. The van der Waals surface area contributed by atoms with Crippen LogP contribution in [0.3, 0.4) is 0 Å². The Morgan fingerprint density at radius 1 is 1.02 bits per heavy atom. The lowest BCUT2D eigenvalue weighted by atomic mass is 9.90. The van der Waals surface area contributed by atoms with Crippen LogP contribution in [0.1, 0.15) is 66.5 Å². The number of nitrogens with zero attached hydrogens (tertiary/aromatic N) is 8. The molecule has 2 saturated heterocycles. The molecule has 2 aromatic carbocycles. The molecule has 1 atom stereocenters. The van der Waals surface area contributed by atoms with Gasteiger partial charge in [0.05, 0.1) is 23.7 Å². The van der Waals surface area contributed by atoms with Gasteiger partial charge >= 0.3 is 0 Å². The van der Waals surface area contributed by atoms with Crippen LogP contribution in [0.25, 0.3) is 11.3 Å². The van der Waals surface area contributed by atoms with Crippen molar-refractivity contribution in [2.75, 3.05) is 64.6 Å². The normalized spacial score (nSPS) is 18.8. The lowest BCUT2D eigenvalue weighted by Crippen LogP contribution is -2.57. The highest BCUT2D eigenvalue weighted by Gasteiger charge is 2.38. The van der Waals surface area contributed by atoms with Gasteiger partial charge in [0.2, 0.25) is 5.91 Å². The quantitative estimate of drug-likeness (QED) is 0.126. The summed E-state index contributed by atoms with van der Waals surface area (Å²) in [6.45, 7) is 17.6. The van der Waals surface area contributed by atoms with E-state index in [4.69, 9.17) is 16.6 Å². The van der Waals surface area contributed by atoms with E-state index in [-0.39, 0.29) is 34.6 Å². The molecule has 4 aliphatic rings. The molecule has 6 heterocycles. The number of fused-ring (bicyclic) bond motifs is 3. The van der Waals surface area contributed by atoms with Crippen LogP contribution in [0.2, 0.25) is 5.02 Å². The van der Waals surface area contributed by atoms with Gasteiger partial charge in [-0.15, -0.1) is 0 Å². The minimum absolute atomic E-state index is 0.0551. The molecule has 0 spiro atoms. The smallest absolute Gasteiger partial charge is 0.293 e. The predicted octanol–water partition coefficient (Wildman–Crippen LogP) is 6.93. The largest absolute Gasteiger partial charge is 0.392 e. The van der Waals surface area contributed by atoms with Crippen molar-refractivity contribution in [3.63, 3.8) is 0 Å². The Morgan fingerprint density at radius 2 is 1.81 bits per heavy atom. The Labute approximate surface area is 379 Å². The first-order chi connectivity index (χ1) is 30.7. The first-order valence-electron chi connectivity index (χ1n) is 22.3. The number of amides is 2. The molecule has 9 rings (SSSR count). The van der Waals surface area contributed by atoms with Crippen molar-refractivity contribution in [2.45, 2.75) is 78.6 Å². The zero-order valence-electron chi connectivity index (χ0n) is 37.3. The molecule has 5 aromatic rings. The summed E-state index contributed by atoms with van der Waals surface area (Å²) in [6.07, 6.45) is 8.49. The van der Waals surface area contributed by atoms with Crippen LogP contribution < -0.4 is 30.9 Å². The minimum Gasteiger partial charge on any atom is -0.392 e. The van der Waals surface area contributed by atoms with E-state index in [0.29, 0.717) is 58.8 Å². The highest BCUT2D eigenvalue weighted by molar-refractivity contribution is 6.31. The monoisotopic (exact) mass is 884 g/mol. The molecule has 3 aliphatic heterocycles. The van der Waals surface area contributed by atoms with Crippen molar-refractivity contribution in [2.24, 2.45) is 12.5 Å². The number of piperidine rings is 1. The van der Waals surface area contributed by atoms with Gasteiger partial charge in [0.1, 0.15) is 11.5 Å². The van der Waals surface area contributed by atoms with Gasteiger partial charge < -0.3 is 34.7 Å². The summed E-state index contributed by atoms with van der Waals surface area (Å²) in [6, 6.07) is 16.4. The van der Waals surface area contributed by atoms with E-state index < -0.39 is 6.61 Å². The molecule has 2 fully saturated rings. The number of rotatable bonds is 10. The number of carbonyl (C=O) groups excluding carboxylic acids is 2.